The second-order valence-corrected chi connectivity index (χ2v) is 4.10. The van der Waals surface area contributed by atoms with Crippen molar-refractivity contribution in [2.45, 2.75) is 26.3 Å². The van der Waals surface area contributed by atoms with Gasteiger partial charge in [-0.15, -0.1) is 6.42 Å². The third kappa shape index (κ3) is 3.11. The Morgan fingerprint density at radius 1 is 1.69 bits per heavy atom. The number of nitrogens with zero attached hydrogens (tertiary/aromatic N) is 2. The molecule has 1 aromatic heterocycles. The van der Waals surface area contributed by atoms with Crippen LogP contribution in [0.4, 0.5) is 5.69 Å². The largest absolute Gasteiger partial charge is 0.372 e. The molecular weight excluding hydrogens is 270 g/mol. The molecule has 0 saturated heterocycles. The Morgan fingerprint density at radius 2 is 2.44 bits per heavy atom. The van der Waals surface area contributed by atoms with E-state index in [1.54, 1.807) is 6.20 Å². The first-order chi connectivity index (χ1) is 7.70. The van der Waals surface area contributed by atoms with Crippen molar-refractivity contribution in [2.24, 2.45) is 0 Å². The summed E-state index contributed by atoms with van der Waals surface area (Å²) in [6.07, 6.45) is 8.71. The summed E-state index contributed by atoms with van der Waals surface area (Å²) in [5.74, 6) is 2.44. The predicted octanol–water partition coefficient (Wildman–Crippen LogP) is 1.85. The van der Waals surface area contributed by atoms with Crippen molar-refractivity contribution in [1.82, 2.24) is 9.78 Å². The Labute approximate surface area is 103 Å². The van der Waals surface area contributed by atoms with Crippen LogP contribution in [0.5, 0.6) is 0 Å². The van der Waals surface area contributed by atoms with Crippen molar-refractivity contribution in [3.8, 4) is 12.3 Å². The van der Waals surface area contributed by atoms with Gasteiger partial charge < -0.3 is 5.32 Å². The maximum atomic E-state index is 11.8. The van der Waals surface area contributed by atoms with Gasteiger partial charge in [0, 0.05) is 6.54 Å². The van der Waals surface area contributed by atoms with E-state index in [2.05, 4.69) is 39.2 Å². The summed E-state index contributed by atoms with van der Waals surface area (Å²) in [6, 6.07) is 0. The summed E-state index contributed by atoms with van der Waals surface area (Å²) in [5.41, 5.74) is 0.506. The van der Waals surface area contributed by atoms with Crippen LogP contribution < -0.4 is 10.9 Å². The van der Waals surface area contributed by atoms with Gasteiger partial charge in [0.25, 0.3) is 5.56 Å². The zero-order chi connectivity index (χ0) is 12.0. The molecule has 0 amide bonds. The van der Waals surface area contributed by atoms with Crippen LogP contribution >= 0.6 is 15.9 Å². The van der Waals surface area contributed by atoms with Crippen LogP contribution in [0, 0.1) is 12.3 Å². The number of halogens is 1. The number of aryl methyl sites for hydroxylation is 1. The number of anilines is 1. The Morgan fingerprint density at radius 3 is 3.06 bits per heavy atom. The van der Waals surface area contributed by atoms with Crippen molar-refractivity contribution in [2.75, 3.05) is 11.9 Å². The van der Waals surface area contributed by atoms with Gasteiger partial charge in [-0.1, -0.05) is 19.3 Å². The second-order valence-electron chi connectivity index (χ2n) is 3.31. The number of terminal acetylenes is 1. The maximum Gasteiger partial charge on any atom is 0.283 e. The lowest BCUT2D eigenvalue weighted by Gasteiger charge is -2.08. The normalized spacial score (nSPS) is 9.81. The Hall–Kier alpha value is -1.28. The first-order valence-electron chi connectivity index (χ1n) is 5.13. The molecule has 0 aliphatic rings. The minimum Gasteiger partial charge on any atom is -0.372 e. The first kappa shape index (κ1) is 12.8. The summed E-state index contributed by atoms with van der Waals surface area (Å²) in [7, 11) is 0. The standard InChI is InChI=1S/C11H14BrN3O/c1-3-5-7-15-11(16)10(12)9(8-14-15)13-6-4-2/h2,8,13H,3,5-7H2,1H3. The van der Waals surface area contributed by atoms with E-state index in [9.17, 15) is 4.79 Å². The first-order valence-corrected chi connectivity index (χ1v) is 5.93. The summed E-state index contributed by atoms with van der Waals surface area (Å²) in [5, 5.41) is 7.00. The minimum atomic E-state index is -0.129. The van der Waals surface area contributed by atoms with Gasteiger partial charge in [-0.25, -0.2) is 4.68 Å². The molecule has 0 unspecified atom stereocenters. The molecule has 0 fully saturated rings. The van der Waals surface area contributed by atoms with Crippen molar-refractivity contribution >= 4 is 21.6 Å². The topological polar surface area (TPSA) is 46.9 Å². The zero-order valence-corrected chi connectivity index (χ0v) is 10.7. The number of hydrogen-bond acceptors (Lipinski definition) is 3. The van der Waals surface area contributed by atoms with E-state index >= 15 is 0 Å². The fourth-order valence-corrected chi connectivity index (χ4v) is 1.65. The predicted molar refractivity (Wildman–Crippen MR) is 68.4 cm³/mol. The molecule has 0 aliphatic heterocycles. The van der Waals surface area contributed by atoms with E-state index in [0.717, 1.165) is 12.8 Å². The van der Waals surface area contributed by atoms with Crippen molar-refractivity contribution < 1.29 is 0 Å². The van der Waals surface area contributed by atoms with Gasteiger partial charge in [0.05, 0.1) is 18.4 Å². The lowest BCUT2D eigenvalue weighted by atomic mass is 10.3. The highest BCUT2D eigenvalue weighted by atomic mass is 79.9. The molecule has 0 bridgehead atoms. The SMILES string of the molecule is C#CCNc1cnn(CCCC)c(=O)c1Br. The molecular formula is C11H14BrN3O. The number of aromatic nitrogens is 2. The number of hydrogen-bond donors (Lipinski definition) is 1. The van der Waals surface area contributed by atoms with Gasteiger partial charge in [0.2, 0.25) is 0 Å². The highest BCUT2D eigenvalue weighted by Crippen LogP contribution is 2.15. The Bertz CT molecular complexity index is 448. The average molecular weight is 284 g/mol. The molecule has 16 heavy (non-hydrogen) atoms. The van der Waals surface area contributed by atoms with Crippen LogP contribution in [0.15, 0.2) is 15.5 Å². The van der Waals surface area contributed by atoms with E-state index in [-0.39, 0.29) is 5.56 Å². The Kier molecular flexibility index (Phi) is 5.06. The molecule has 1 heterocycles. The minimum absolute atomic E-state index is 0.129. The van der Waals surface area contributed by atoms with Crippen LogP contribution in [0.1, 0.15) is 19.8 Å². The van der Waals surface area contributed by atoms with Crippen molar-refractivity contribution in [3.63, 3.8) is 0 Å². The van der Waals surface area contributed by atoms with Gasteiger partial charge in [-0.3, -0.25) is 4.79 Å². The molecule has 0 aromatic carbocycles. The molecule has 0 atom stereocenters. The summed E-state index contributed by atoms with van der Waals surface area (Å²) in [6.45, 7) is 3.09. The fourth-order valence-electron chi connectivity index (χ4n) is 1.20. The van der Waals surface area contributed by atoms with E-state index < -0.39 is 0 Å². The zero-order valence-electron chi connectivity index (χ0n) is 9.16. The van der Waals surface area contributed by atoms with E-state index in [0.29, 0.717) is 23.2 Å². The van der Waals surface area contributed by atoms with Crippen LogP contribution in [-0.4, -0.2) is 16.3 Å². The monoisotopic (exact) mass is 283 g/mol. The third-order valence-corrected chi connectivity index (χ3v) is 2.86. The molecule has 5 heteroatoms. The molecule has 1 N–H and O–H groups in total. The number of rotatable bonds is 5. The summed E-state index contributed by atoms with van der Waals surface area (Å²) >= 11 is 3.25. The molecule has 4 nitrogen and oxygen atoms in total. The highest BCUT2D eigenvalue weighted by molar-refractivity contribution is 9.10. The molecule has 1 aromatic rings. The van der Waals surface area contributed by atoms with E-state index in [1.807, 2.05) is 0 Å². The van der Waals surface area contributed by atoms with Gasteiger partial charge in [0.15, 0.2) is 0 Å². The lowest BCUT2D eigenvalue weighted by molar-refractivity contribution is 0.541. The van der Waals surface area contributed by atoms with Gasteiger partial charge in [-0.05, 0) is 22.4 Å². The Balaban J connectivity index is 2.91. The van der Waals surface area contributed by atoms with Crippen LogP contribution in [0.2, 0.25) is 0 Å². The van der Waals surface area contributed by atoms with Crippen LogP contribution in [0.25, 0.3) is 0 Å². The smallest absolute Gasteiger partial charge is 0.283 e. The molecule has 0 saturated carbocycles. The van der Waals surface area contributed by atoms with Crippen molar-refractivity contribution in [3.05, 3.63) is 21.0 Å². The molecule has 0 radical (unpaired) electrons. The van der Waals surface area contributed by atoms with Gasteiger partial charge in [-0.2, -0.15) is 5.10 Å². The summed E-state index contributed by atoms with van der Waals surface area (Å²) in [4.78, 5) is 11.8. The molecule has 1 rings (SSSR count). The molecule has 0 aliphatic carbocycles. The quantitative estimate of drug-likeness (QED) is 0.839. The van der Waals surface area contributed by atoms with Crippen LogP contribution in [0.3, 0.4) is 0 Å². The fraction of sp³-hybridized carbons (Fsp3) is 0.455. The van der Waals surface area contributed by atoms with Gasteiger partial charge >= 0.3 is 0 Å². The summed E-state index contributed by atoms with van der Waals surface area (Å²) < 4.78 is 1.93. The van der Waals surface area contributed by atoms with E-state index in [4.69, 9.17) is 6.42 Å². The third-order valence-electron chi connectivity index (χ3n) is 2.09. The molecule has 86 valence electrons. The number of nitrogens with one attached hydrogen (secondary N) is 1. The van der Waals surface area contributed by atoms with Crippen molar-refractivity contribution in [1.29, 1.82) is 0 Å². The highest BCUT2D eigenvalue weighted by Gasteiger charge is 2.07. The average Bonchev–Trinajstić information content (AvgIpc) is 2.30. The lowest BCUT2D eigenvalue weighted by Crippen LogP contribution is -2.24. The molecule has 0 spiro atoms. The van der Waals surface area contributed by atoms with Gasteiger partial charge in [0.1, 0.15) is 4.47 Å². The second kappa shape index (κ2) is 6.33. The van der Waals surface area contributed by atoms with Crippen LogP contribution in [-0.2, 0) is 6.54 Å². The maximum absolute atomic E-state index is 11.8. The van der Waals surface area contributed by atoms with E-state index in [1.165, 1.54) is 4.68 Å². The number of unbranched alkanes of at least 4 members (excludes halogenated alkanes) is 1.